The summed E-state index contributed by atoms with van der Waals surface area (Å²) in [7, 11) is 0. The minimum Gasteiger partial charge on any atom is -0.464 e. The molecule has 3 aliphatic rings. The second kappa shape index (κ2) is 16.6. The Morgan fingerprint density at radius 1 is 1.00 bits per heavy atom. The molecule has 4 N–H and O–H groups in total. The highest BCUT2D eigenvalue weighted by molar-refractivity contribution is 5.70. The van der Waals surface area contributed by atoms with Gasteiger partial charge >= 0.3 is 5.97 Å². The van der Waals surface area contributed by atoms with E-state index in [2.05, 4.69) is 61.5 Å². The maximum absolute atomic E-state index is 11.7. The van der Waals surface area contributed by atoms with Crippen molar-refractivity contribution in [2.45, 2.75) is 118 Å². The van der Waals surface area contributed by atoms with E-state index >= 15 is 0 Å². The van der Waals surface area contributed by atoms with Gasteiger partial charge < -0.3 is 14.6 Å². The molecule has 0 aromatic carbocycles. The molecule has 0 aromatic heterocycles. The highest BCUT2D eigenvalue weighted by Crippen LogP contribution is 2.37. The molecular formula is C31H55N3O4. The molecule has 38 heavy (non-hydrogen) atoms. The van der Waals surface area contributed by atoms with Crippen LogP contribution in [-0.2, 0) is 14.3 Å². The first kappa shape index (κ1) is 32.7. The highest BCUT2D eigenvalue weighted by atomic mass is 16.6. The Morgan fingerprint density at radius 3 is 2.24 bits per heavy atom. The third-order valence-corrected chi connectivity index (χ3v) is 8.20. The lowest BCUT2D eigenvalue weighted by Crippen LogP contribution is -2.72. The van der Waals surface area contributed by atoms with Crippen LogP contribution in [0.5, 0.6) is 0 Å². The first-order chi connectivity index (χ1) is 18.2. The van der Waals surface area contributed by atoms with Crippen molar-refractivity contribution < 1.29 is 19.4 Å². The summed E-state index contributed by atoms with van der Waals surface area (Å²) in [5, 5.41) is 22.6. The minimum atomic E-state index is -0.515. The number of allylic oxidation sites excluding steroid dienone is 3. The Balaban J connectivity index is 0.00000247. The van der Waals surface area contributed by atoms with Gasteiger partial charge in [0, 0.05) is 5.92 Å². The van der Waals surface area contributed by atoms with E-state index in [0.29, 0.717) is 24.9 Å². The van der Waals surface area contributed by atoms with E-state index in [0.717, 1.165) is 24.3 Å². The fraction of sp³-hybridized carbons (Fsp3) is 0.774. The van der Waals surface area contributed by atoms with Crippen molar-refractivity contribution in [3.05, 3.63) is 36.0 Å². The first-order valence-electron chi connectivity index (χ1n) is 14.9. The van der Waals surface area contributed by atoms with Crippen molar-refractivity contribution in [1.29, 1.82) is 0 Å². The number of esters is 1. The van der Waals surface area contributed by atoms with Crippen molar-refractivity contribution in [2.75, 3.05) is 13.2 Å². The lowest BCUT2D eigenvalue weighted by molar-refractivity contribution is -0.153. The molecule has 0 radical (unpaired) electrons. The molecule has 1 heterocycles. The summed E-state index contributed by atoms with van der Waals surface area (Å²) >= 11 is 0. The third kappa shape index (κ3) is 9.60. The number of carbonyl (C=O) groups excluding carboxylic acids is 1. The quantitative estimate of drug-likeness (QED) is 0.244. The van der Waals surface area contributed by atoms with Gasteiger partial charge in [0.25, 0.3) is 0 Å². The lowest BCUT2D eigenvalue weighted by Gasteiger charge is -2.49. The molecule has 0 amide bonds. The number of rotatable bonds is 9. The number of aliphatic hydroxyl groups is 1. The second-order valence-corrected chi connectivity index (χ2v) is 11.2. The molecule has 2 saturated carbocycles. The van der Waals surface area contributed by atoms with Crippen LogP contribution in [0.15, 0.2) is 36.0 Å². The Morgan fingerprint density at radius 2 is 1.66 bits per heavy atom. The van der Waals surface area contributed by atoms with E-state index in [4.69, 9.17) is 9.47 Å². The number of carbonyl (C=O) groups is 1. The number of hydrogen-bond donors (Lipinski definition) is 4. The summed E-state index contributed by atoms with van der Waals surface area (Å²) < 4.78 is 10.7. The Kier molecular flexibility index (Phi) is 14.3. The van der Waals surface area contributed by atoms with E-state index in [1.807, 2.05) is 20.8 Å². The third-order valence-electron chi connectivity index (χ3n) is 8.20. The van der Waals surface area contributed by atoms with Crippen molar-refractivity contribution in [3.8, 4) is 0 Å². The smallest absolute Gasteiger partial charge is 0.332 e. The molecule has 0 spiro atoms. The average Bonchev–Trinajstić information content (AvgIpc) is 2.89. The van der Waals surface area contributed by atoms with E-state index in [9.17, 15) is 9.90 Å². The summed E-state index contributed by atoms with van der Waals surface area (Å²) in [6.07, 6.45) is 11.7. The van der Waals surface area contributed by atoms with Gasteiger partial charge in [0.2, 0.25) is 0 Å². The monoisotopic (exact) mass is 533 g/mol. The van der Waals surface area contributed by atoms with Crippen LogP contribution in [0.1, 0.15) is 87.0 Å². The predicted octanol–water partition coefficient (Wildman–Crippen LogP) is 5.03. The van der Waals surface area contributed by atoms with Gasteiger partial charge in [-0.2, -0.15) is 0 Å². The highest BCUT2D eigenvalue weighted by Gasteiger charge is 2.42. The van der Waals surface area contributed by atoms with E-state index in [-0.39, 0.29) is 43.1 Å². The molecular weight excluding hydrogens is 478 g/mol. The second-order valence-electron chi connectivity index (χ2n) is 11.2. The van der Waals surface area contributed by atoms with Crippen molar-refractivity contribution in [3.63, 3.8) is 0 Å². The zero-order valence-corrected chi connectivity index (χ0v) is 25.0. The minimum absolute atomic E-state index is 0.0154. The molecule has 7 heteroatoms. The van der Waals surface area contributed by atoms with Crippen LogP contribution in [0.3, 0.4) is 0 Å². The molecule has 3 fully saturated rings. The van der Waals surface area contributed by atoms with Crippen LogP contribution in [0.4, 0.5) is 0 Å². The van der Waals surface area contributed by atoms with Gasteiger partial charge in [-0.25, -0.2) is 4.79 Å². The largest absolute Gasteiger partial charge is 0.464 e. The molecule has 3 rings (SSSR count). The van der Waals surface area contributed by atoms with Gasteiger partial charge in [-0.1, -0.05) is 64.5 Å². The molecule has 0 aromatic rings. The van der Waals surface area contributed by atoms with E-state index < -0.39 is 6.10 Å². The van der Waals surface area contributed by atoms with Crippen molar-refractivity contribution >= 4 is 5.97 Å². The van der Waals surface area contributed by atoms with Crippen molar-refractivity contribution in [2.24, 2.45) is 23.7 Å². The van der Waals surface area contributed by atoms with Gasteiger partial charge in [0.1, 0.15) is 6.61 Å². The van der Waals surface area contributed by atoms with Gasteiger partial charge in [-0.15, -0.1) is 0 Å². The Hall–Kier alpha value is -1.51. The molecule has 0 bridgehead atoms. The standard InChI is InChI=1S/C29H49N3O4.C2H6/c1-7-21(11-9-18(3)4)27-30-28(23-13-10-19(5)15-20(23)6)32-29(31-27)24-14-12-22(16-25(24)33)36-17-26(34)35-8-2;1-2/h7,9,11,19-20,22-25,27-33H,3,8,10,12-17H2,1-2,4-6H3;1-2H3/b11-9-,21-7-;. The summed E-state index contributed by atoms with van der Waals surface area (Å²) in [6.45, 7) is 18.9. The predicted molar refractivity (Wildman–Crippen MR) is 155 cm³/mol. The molecule has 2 aliphatic carbocycles. The average molecular weight is 534 g/mol. The van der Waals surface area contributed by atoms with Gasteiger partial charge in [-0.05, 0) is 76.2 Å². The summed E-state index contributed by atoms with van der Waals surface area (Å²) in [4.78, 5) is 11.7. The van der Waals surface area contributed by atoms with Gasteiger partial charge in [-0.3, -0.25) is 16.0 Å². The van der Waals surface area contributed by atoms with Gasteiger partial charge in [0.15, 0.2) is 0 Å². The lowest BCUT2D eigenvalue weighted by atomic mass is 9.73. The summed E-state index contributed by atoms with van der Waals surface area (Å²) in [6, 6.07) is 0. The topological polar surface area (TPSA) is 91.9 Å². The van der Waals surface area contributed by atoms with Gasteiger partial charge in [0.05, 0.1) is 37.3 Å². The van der Waals surface area contributed by atoms with Crippen molar-refractivity contribution in [1.82, 2.24) is 16.0 Å². The van der Waals surface area contributed by atoms with E-state index in [1.54, 1.807) is 6.92 Å². The fourth-order valence-corrected chi connectivity index (χ4v) is 6.23. The maximum Gasteiger partial charge on any atom is 0.332 e. The molecule has 9 unspecified atom stereocenters. The zero-order valence-electron chi connectivity index (χ0n) is 25.0. The first-order valence-corrected chi connectivity index (χ1v) is 14.9. The normalized spacial score (nSPS) is 36.3. The number of ether oxygens (including phenoxy) is 2. The summed E-state index contributed by atoms with van der Waals surface area (Å²) in [5.41, 5.74) is 2.19. The van der Waals surface area contributed by atoms with Crippen LogP contribution >= 0.6 is 0 Å². The van der Waals surface area contributed by atoms with Crippen LogP contribution in [0.25, 0.3) is 0 Å². The molecule has 7 nitrogen and oxygen atoms in total. The molecule has 1 aliphatic heterocycles. The van der Waals surface area contributed by atoms with E-state index in [1.165, 1.54) is 24.8 Å². The SMILES string of the molecule is C=C(C)/C=C\C(=C\C)C1NC(C2CCC(C)CC2C)NC(C2CCC(OCC(=O)OCC)CC2O)N1.CC. The maximum atomic E-state index is 11.7. The van der Waals surface area contributed by atoms with Crippen LogP contribution in [-0.4, -0.2) is 55.0 Å². The molecule has 9 atom stereocenters. The van der Waals surface area contributed by atoms with Crippen LogP contribution in [0, 0.1) is 23.7 Å². The summed E-state index contributed by atoms with van der Waals surface area (Å²) in [5.74, 6) is 1.66. The number of hydrogen-bond acceptors (Lipinski definition) is 7. The zero-order chi connectivity index (χ0) is 28.2. The van der Waals surface area contributed by atoms with Crippen LogP contribution < -0.4 is 16.0 Å². The molecule has 218 valence electrons. The fourth-order valence-electron chi connectivity index (χ4n) is 6.23. The Labute approximate surface area is 231 Å². The Bertz CT molecular complexity index is 798. The molecule has 1 saturated heterocycles. The van der Waals surface area contributed by atoms with Crippen LogP contribution in [0.2, 0.25) is 0 Å². The number of aliphatic hydroxyl groups excluding tert-OH is 1. The number of nitrogens with one attached hydrogen (secondary N) is 3.